The third kappa shape index (κ3) is 3.68. The highest BCUT2D eigenvalue weighted by molar-refractivity contribution is 7.90. The van der Waals surface area contributed by atoms with Gasteiger partial charge in [0, 0.05) is 25.3 Å². The van der Waals surface area contributed by atoms with Crippen molar-refractivity contribution in [2.45, 2.75) is 32.2 Å². The summed E-state index contributed by atoms with van der Waals surface area (Å²) in [5, 5.41) is 9.56. The number of aromatic nitrogens is 2. The minimum atomic E-state index is -3.50. The zero-order valence-electron chi connectivity index (χ0n) is 11.1. The fourth-order valence-corrected chi connectivity index (χ4v) is 3.79. The minimum Gasteiger partial charge on any atom is -0.315 e. The fourth-order valence-electron chi connectivity index (χ4n) is 2.32. The zero-order valence-corrected chi connectivity index (χ0v) is 11.9. The summed E-state index contributed by atoms with van der Waals surface area (Å²) in [7, 11) is -3.50. The summed E-state index contributed by atoms with van der Waals surface area (Å²) < 4.78 is 28.9. The van der Waals surface area contributed by atoms with Crippen LogP contribution in [0.25, 0.3) is 0 Å². The number of hydrogen-bond donors (Lipinski definition) is 3. The first kappa shape index (κ1) is 14.3. The first-order valence-corrected chi connectivity index (χ1v) is 8.06. The van der Waals surface area contributed by atoms with Gasteiger partial charge in [-0.05, 0) is 19.4 Å². The van der Waals surface area contributed by atoms with Crippen LogP contribution in [-0.2, 0) is 10.2 Å². The molecule has 0 saturated carbocycles. The van der Waals surface area contributed by atoms with E-state index in [1.807, 2.05) is 6.92 Å². The van der Waals surface area contributed by atoms with Gasteiger partial charge in [-0.1, -0.05) is 13.3 Å². The zero-order chi connectivity index (χ0) is 13.7. The smallest absolute Gasteiger partial charge is 0.302 e. The van der Waals surface area contributed by atoms with Gasteiger partial charge >= 0.3 is 10.2 Å². The molecule has 1 aromatic rings. The van der Waals surface area contributed by atoms with Crippen LogP contribution in [0.1, 0.15) is 26.2 Å². The number of likely N-dealkylation sites (N-methyl/N-ethyl adjacent to an activating group) is 1. The van der Waals surface area contributed by atoms with E-state index in [0.717, 1.165) is 25.8 Å². The van der Waals surface area contributed by atoms with Gasteiger partial charge in [-0.2, -0.15) is 17.8 Å². The molecule has 108 valence electrons. The van der Waals surface area contributed by atoms with Gasteiger partial charge in [0.25, 0.3) is 0 Å². The third-order valence-corrected chi connectivity index (χ3v) is 4.85. The first-order valence-electron chi connectivity index (χ1n) is 6.62. The molecule has 1 aliphatic heterocycles. The van der Waals surface area contributed by atoms with Gasteiger partial charge in [0.1, 0.15) is 0 Å². The lowest BCUT2D eigenvalue weighted by molar-refractivity contribution is 0.248. The van der Waals surface area contributed by atoms with Crippen molar-refractivity contribution in [2.75, 3.05) is 24.4 Å². The topological polar surface area (TPSA) is 90.1 Å². The molecule has 0 aromatic carbocycles. The molecule has 1 atom stereocenters. The average molecular weight is 287 g/mol. The Kier molecular flexibility index (Phi) is 4.78. The molecule has 7 nitrogen and oxygen atoms in total. The second-order valence-electron chi connectivity index (χ2n) is 4.66. The van der Waals surface area contributed by atoms with Crippen LogP contribution in [-0.4, -0.2) is 48.6 Å². The summed E-state index contributed by atoms with van der Waals surface area (Å²) >= 11 is 0. The lowest BCUT2D eigenvalue weighted by Gasteiger charge is -2.34. The molecule has 1 fully saturated rings. The SMILES string of the molecule is CCNCC1CCCCN1S(=O)(=O)Nc1cn[nH]c1. The quantitative estimate of drug-likeness (QED) is 0.712. The molecule has 3 N–H and O–H groups in total. The summed E-state index contributed by atoms with van der Waals surface area (Å²) in [5.74, 6) is 0. The Hall–Kier alpha value is -1.12. The Bertz CT molecular complexity index is 473. The molecule has 1 saturated heterocycles. The number of rotatable bonds is 6. The van der Waals surface area contributed by atoms with Crippen molar-refractivity contribution in [3.05, 3.63) is 12.4 Å². The number of nitrogens with zero attached hydrogens (tertiary/aromatic N) is 2. The fraction of sp³-hybridized carbons (Fsp3) is 0.727. The Morgan fingerprint density at radius 1 is 1.53 bits per heavy atom. The monoisotopic (exact) mass is 287 g/mol. The van der Waals surface area contributed by atoms with Crippen molar-refractivity contribution in [3.8, 4) is 0 Å². The summed E-state index contributed by atoms with van der Waals surface area (Å²) in [4.78, 5) is 0. The van der Waals surface area contributed by atoms with Gasteiger partial charge in [0.05, 0.1) is 11.9 Å². The Morgan fingerprint density at radius 3 is 3.05 bits per heavy atom. The molecule has 0 spiro atoms. The highest BCUT2D eigenvalue weighted by Gasteiger charge is 2.32. The molecular formula is C11H21N5O2S. The van der Waals surface area contributed by atoms with Gasteiger partial charge in [0.2, 0.25) is 0 Å². The van der Waals surface area contributed by atoms with E-state index in [2.05, 4.69) is 20.2 Å². The first-order chi connectivity index (χ1) is 9.13. The maximum Gasteiger partial charge on any atom is 0.302 e. The van der Waals surface area contributed by atoms with Crippen molar-refractivity contribution < 1.29 is 8.42 Å². The highest BCUT2D eigenvalue weighted by Crippen LogP contribution is 2.21. The Morgan fingerprint density at radius 2 is 2.37 bits per heavy atom. The number of piperidine rings is 1. The second-order valence-corrected chi connectivity index (χ2v) is 6.29. The number of aromatic amines is 1. The van der Waals surface area contributed by atoms with Crippen LogP contribution in [0.2, 0.25) is 0 Å². The standard InChI is InChI=1S/C11H21N5O2S/c1-2-12-9-11-5-3-4-6-16(11)19(17,18)15-10-7-13-14-8-10/h7-8,11-12,15H,2-6,9H2,1H3,(H,13,14). The summed E-state index contributed by atoms with van der Waals surface area (Å²) in [6.07, 6.45) is 5.88. The molecule has 1 unspecified atom stereocenters. The molecule has 0 aliphatic carbocycles. The van der Waals surface area contributed by atoms with Crippen molar-refractivity contribution in [1.82, 2.24) is 19.8 Å². The Balaban J connectivity index is 2.07. The van der Waals surface area contributed by atoms with Crippen molar-refractivity contribution in [1.29, 1.82) is 0 Å². The van der Waals surface area contributed by atoms with Crippen LogP contribution in [0.4, 0.5) is 5.69 Å². The molecule has 2 rings (SSSR count). The van der Waals surface area contributed by atoms with Gasteiger partial charge in [-0.3, -0.25) is 9.82 Å². The molecule has 2 heterocycles. The molecule has 0 amide bonds. The predicted molar refractivity (Wildman–Crippen MR) is 74.0 cm³/mol. The van der Waals surface area contributed by atoms with Crippen LogP contribution in [0, 0.1) is 0 Å². The maximum atomic E-state index is 12.4. The second kappa shape index (κ2) is 6.36. The number of H-pyrrole nitrogens is 1. The lowest BCUT2D eigenvalue weighted by atomic mass is 10.1. The van der Waals surface area contributed by atoms with Crippen LogP contribution in [0.3, 0.4) is 0 Å². The summed E-state index contributed by atoms with van der Waals surface area (Å²) in [6.45, 7) is 4.14. The van der Waals surface area contributed by atoms with Gasteiger partial charge in [0.15, 0.2) is 0 Å². The van der Waals surface area contributed by atoms with Crippen LogP contribution < -0.4 is 10.0 Å². The van der Waals surface area contributed by atoms with E-state index in [9.17, 15) is 8.42 Å². The number of hydrogen-bond acceptors (Lipinski definition) is 4. The van der Waals surface area contributed by atoms with Crippen molar-refractivity contribution >= 4 is 15.9 Å². The molecule has 8 heteroatoms. The predicted octanol–water partition coefficient (Wildman–Crippen LogP) is 0.530. The number of anilines is 1. The van der Waals surface area contributed by atoms with E-state index < -0.39 is 10.2 Å². The summed E-state index contributed by atoms with van der Waals surface area (Å²) in [6, 6.07) is 0.0260. The van der Waals surface area contributed by atoms with Gasteiger partial charge in [-0.15, -0.1) is 0 Å². The molecule has 1 aliphatic rings. The van der Waals surface area contributed by atoms with E-state index in [1.165, 1.54) is 12.4 Å². The van der Waals surface area contributed by atoms with E-state index in [4.69, 9.17) is 0 Å². The molecule has 19 heavy (non-hydrogen) atoms. The van der Waals surface area contributed by atoms with E-state index in [-0.39, 0.29) is 6.04 Å². The van der Waals surface area contributed by atoms with Crippen molar-refractivity contribution in [2.24, 2.45) is 0 Å². The van der Waals surface area contributed by atoms with Crippen LogP contribution in [0.15, 0.2) is 12.4 Å². The third-order valence-electron chi connectivity index (χ3n) is 3.26. The van der Waals surface area contributed by atoms with Crippen LogP contribution >= 0.6 is 0 Å². The van der Waals surface area contributed by atoms with Gasteiger partial charge in [-0.25, -0.2) is 0 Å². The van der Waals surface area contributed by atoms with E-state index in [1.54, 1.807) is 4.31 Å². The molecule has 0 radical (unpaired) electrons. The highest BCUT2D eigenvalue weighted by atomic mass is 32.2. The molecule has 0 bridgehead atoms. The molecular weight excluding hydrogens is 266 g/mol. The lowest BCUT2D eigenvalue weighted by Crippen LogP contribution is -2.50. The van der Waals surface area contributed by atoms with Crippen LogP contribution in [0.5, 0.6) is 0 Å². The normalized spacial score (nSPS) is 21.4. The average Bonchev–Trinajstić information content (AvgIpc) is 2.88. The number of nitrogens with one attached hydrogen (secondary N) is 3. The largest absolute Gasteiger partial charge is 0.315 e. The van der Waals surface area contributed by atoms with E-state index >= 15 is 0 Å². The maximum absolute atomic E-state index is 12.4. The molecule has 1 aromatic heterocycles. The van der Waals surface area contributed by atoms with Gasteiger partial charge < -0.3 is 5.32 Å². The minimum absolute atomic E-state index is 0.0260. The summed E-state index contributed by atoms with van der Waals surface area (Å²) in [5.41, 5.74) is 0.466. The Labute approximate surface area is 113 Å². The van der Waals surface area contributed by atoms with E-state index in [0.29, 0.717) is 18.8 Å². The van der Waals surface area contributed by atoms with Crippen molar-refractivity contribution in [3.63, 3.8) is 0 Å².